The lowest BCUT2D eigenvalue weighted by Crippen LogP contribution is -2.19. The van der Waals surface area contributed by atoms with Crippen molar-refractivity contribution in [3.63, 3.8) is 0 Å². The number of carbonyl (C=O) groups excluding carboxylic acids is 2. The van der Waals surface area contributed by atoms with Gasteiger partial charge < -0.3 is 18.6 Å². The normalized spacial score (nSPS) is 12.1. The molecule has 0 aliphatic carbocycles. The minimum atomic E-state index is -3.37. The second kappa shape index (κ2) is 10.9. The molecule has 0 radical (unpaired) electrons. The summed E-state index contributed by atoms with van der Waals surface area (Å²) < 4.78 is 70.7. The molecule has 0 saturated carbocycles. The molecular formula is C22H19BrF4N2O5. The molecule has 1 unspecified atom stereocenters. The van der Waals surface area contributed by atoms with E-state index in [1.807, 2.05) is 0 Å². The van der Waals surface area contributed by atoms with Crippen LogP contribution in [0.15, 0.2) is 34.9 Å². The highest BCUT2D eigenvalue weighted by atomic mass is 79.9. The highest BCUT2D eigenvalue weighted by Gasteiger charge is 2.33. The lowest BCUT2D eigenvalue weighted by atomic mass is 9.90. The standard InChI is InChI=1S/C22H19BrF4N2O5/c1-3-32-17(30)8-12(11-6-5-7-14(24)20(11)34-22(26)27)19-18(21(31)33-4-2)28-16-9-15(25)13(23)10-29(16)19/h5-7,9-10,12,22H,3-4,8H2,1-2H3. The van der Waals surface area contributed by atoms with Crippen LogP contribution in [0.2, 0.25) is 0 Å². The van der Waals surface area contributed by atoms with Crippen LogP contribution in [0.5, 0.6) is 5.75 Å². The highest BCUT2D eigenvalue weighted by molar-refractivity contribution is 9.10. The van der Waals surface area contributed by atoms with Gasteiger partial charge in [-0.1, -0.05) is 12.1 Å². The summed E-state index contributed by atoms with van der Waals surface area (Å²) in [6.45, 7) is -0.246. The third-order valence-electron chi connectivity index (χ3n) is 4.76. The summed E-state index contributed by atoms with van der Waals surface area (Å²) in [6.07, 6.45) is 0.757. The Bertz CT molecular complexity index is 1220. The fourth-order valence-corrected chi connectivity index (χ4v) is 3.81. The van der Waals surface area contributed by atoms with Gasteiger partial charge >= 0.3 is 18.6 Å². The number of halogens is 5. The van der Waals surface area contributed by atoms with Crippen LogP contribution in [0.4, 0.5) is 17.6 Å². The highest BCUT2D eigenvalue weighted by Crippen LogP contribution is 2.39. The number of hydrogen-bond donors (Lipinski definition) is 0. The number of benzene rings is 1. The van der Waals surface area contributed by atoms with Crippen LogP contribution in [0.1, 0.15) is 47.9 Å². The smallest absolute Gasteiger partial charge is 0.387 e. The van der Waals surface area contributed by atoms with E-state index in [9.17, 15) is 27.2 Å². The van der Waals surface area contributed by atoms with Gasteiger partial charge in [0.05, 0.1) is 29.8 Å². The SMILES string of the molecule is CCOC(=O)CC(c1cccc(F)c1OC(F)F)c1c(C(=O)OCC)nc2cc(F)c(Br)cn12. The minimum Gasteiger partial charge on any atom is -0.466 e. The number of carbonyl (C=O) groups is 2. The number of fused-ring (bicyclic) bond motifs is 1. The molecule has 3 aromatic rings. The molecule has 34 heavy (non-hydrogen) atoms. The van der Waals surface area contributed by atoms with Crippen molar-refractivity contribution in [1.82, 2.24) is 9.38 Å². The average molecular weight is 547 g/mol. The molecule has 0 aliphatic rings. The van der Waals surface area contributed by atoms with Gasteiger partial charge in [-0.15, -0.1) is 0 Å². The fourth-order valence-electron chi connectivity index (χ4n) is 3.49. The molecule has 3 rings (SSSR count). The van der Waals surface area contributed by atoms with E-state index in [1.54, 1.807) is 13.8 Å². The van der Waals surface area contributed by atoms with E-state index in [2.05, 4.69) is 25.7 Å². The van der Waals surface area contributed by atoms with E-state index in [0.717, 1.165) is 12.1 Å². The molecule has 0 fully saturated rings. The fraction of sp³-hybridized carbons (Fsp3) is 0.318. The molecule has 2 aromatic heterocycles. The molecule has 1 atom stereocenters. The largest absolute Gasteiger partial charge is 0.466 e. The zero-order valence-corrected chi connectivity index (χ0v) is 19.6. The Hall–Kier alpha value is -3.15. The van der Waals surface area contributed by atoms with Gasteiger partial charge in [0.2, 0.25) is 0 Å². The molecule has 0 N–H and O–H groups in total. The van der Waals surface area contributed by atoms with E-state index >= 15 is 0 Å². The molecule has 0 saturated heterocycles. The summed E-state index contributed by atoms with van der Waals surface area (Å²) in [5, 5.41) is 0. The Morgan fingerprint density at radius 2 is 1.82 bits per heavy atom. The van der Waals surface area contributed by atoms with Gasteiger partial charge in [-0.25, -0.2) is 18.6 Å². The summed E-state index contributed by atoms with van der Waals surface area (Å²) in [7, 11) is 0. The number of esters is 2. The molecule has 182 valence electrons. The molecule has 12 heteroatoms. The Balaban J connectivity index is 2.35. The summed E-state index contributed by atoms with van der Waals surface area (Å²) in [4.78, 5) is 29.4. The van der Waals surface area contributed by atoms with Crippen molar-refractivity contribution in [3.8, 4) is 5.75 Å². The zero-order chi connectivity index (χ0) is 25.0. The quantitative estimate of drug-likeness (QED) is 0.270. The summed E-state index contributed by atoms with van der Waals surface area (Å²) in [5.74, 6) is -5.52. The van der Waals surface area contributed by atoms with Gasteiger partial charge in [0, 0.05) is 23.7 Å². The Kier molecular flexibility index (Phi) is 8.13. The van der Waals surface area contributed by atoms with Crippen LogP contribution < -0.4 is 4.74 Å². The number of para-hydroxylation sites is 1. The third-order valence-corrected chi connectivity index (χ3v) is 5.34. The number of ether oxygens (including phenoxy) is 3. The van der Waals surface area contributed by atoms with Gasteiger partial charge in [-0.2, -0.15) is 8.78 Å². The first-order valence-electron chi connectivity index (χ1n) is 10.1. The molecular weight excluding hydrogens is 528 g/mol. The molecule has 7 nitrogen and oxygen atoms in total. The van der Waals surface area contributed by atoms with Crippen molar-refractivity contribution in [2.24, 2.45) is 0 Å². The number of aromatic nitrogens is 2. The molecule has 2 heterocycles. The number of rotatable bonds is 9. The van der Waals surface area contributed by atoms with Crippen molar-refractivity contribution < 1.29 is 41.4 Å². The van der Waals surface area contributed by atoms with E-state index in [-0.39, 0.29) is 40.3 Å². The number of nitrogens with zero attached hydrogens (tertiary/aromatic N) is 2. The predicted octanol–water partition coefficient (Wildman–Crippen LogP) is 5.24. The van der Waals surface area contributed by atoms with E-state index in [0.29, 0.717) is 0 Å². The van der Waals surface area contributed by atoms with Gasteiger partial charge in [0.15, 0.2) is 17.3 Å². The van der Waals surface area contributed by atoms with Crippen LogP contribution in [-0.4, -0.2) is 41.1 Å². The van der Waals surface area contributed by atoms with E-state index in [4.69, 9.17) is 9.47 Å². The Labute approximate surface area is 199 Å². The lowest BCUT2D eigenvalue weighted by molar-refractivity contribution is -0.143. The average Bonchev–Trinajstić information content (AvgIpc) is 3.12. The van der Waals surface area contributed by atoms with Crippen molar-refractivity contribution in [1.29, 1.82) is 0 Å². The number of imidazole rings is 1. The third kappa shape index (κ3) is 5.32. The first kappa shape index (κ1) is 25.5. The van der Waals surface area contributed by atoms with Crippen LogP contribution in [0, 0.1) is 11.6 Å². The Morgan fingerprint density at radius 3 is 2.47 bits per heavy atom. The second-order valence-electron chi connectivity index (χ2n) is 6.86. The first-order valence-corrected chi connectivity index (χ1v) is 10.9. The minimum absolute atomic E-state index is 0.00719. The van der Waals surface area contributed by atoms with Crippen molar-refractivity contribution in [3.05, 3.63) is 63.5 Å². The summed E-state index contributed by atoms with van der Waals surface area (Å²) in [5.41, 5.74) is -0.519. The molecule has 0 bridgehead atoms. The maximum atomic E-state index is 14.6. The van der Waals surface area contributed by atoms with Gasteiger partial charge in [0.1, 0.15) is 11.5 Å². The molecule has 0 spiro atoms. The van der Waals surface area contributed by atoms with Gasteiger partial charge in [-0.3, -0.25) is 4.79 Å². The van der Waals surface area contributed by atoms with E-state index in [1.165, 1.54) is 22.7 Å². The van der Waals surface area contributed by atoms with Crippen molar-refractivity contribution in [2.45, 2.75) is 32.8 Å². The van der Waals surface area contributed by atoms with Crippen LogP contribution >= 0.6 is 15.9 Å². The topological polar surface area (TPSA) is 79.1 Å². The Morgan fingerprint density at radius 1 is 1.12 bits per heavy atom. The maximum absolute atomic E-state index is 14.6. The maximum Gasteiger partial charge on any atom is 0.387 e. The zero-order valence-electron chi connectivity index (χ0n) is 18.0. The molecule has 0 amide bonds. The number of pyridine rings is 1. The van der Waals surface area contributed by atoms with E-state index < -0.39 is 48.3 Å². The van der Waals surface area contributed by atoms with Gasteiger partial charge in [-0.05, 0) is 35.8 Å². The summed E-state index contributed by atoms with van der Waals surface area (Å²) in [6, 6.07) is 4.46. The second-order valence-corrected chi connectivity index (χ2v) is 7.72. The van der Waals surface area contributed by atoms with Gasteiger partial charge in [0.25, 0.3) is 0 Å². The first-order chi connectivity index (χ1) is 16.2. The number of hydrogen-bond acceptors (Lipinski definition) is 6. The molecule has 0 aliphatic heterocycles. The van der Waals surface area contributed by atoms with Crippen molar-refractivity contribution in [2.75, 3.05) is 13.2 Å². The van der Waals surface area contributed by atoms with Crippen LogP contribution in [0.25, 0.3) is 5.65 Å². The monoisotopic (exact) mass is 546 g/mol. The molecule has 1 aromatic carbocycles. The van der Waals surface area contributed by atoms with Crippen molar-refractivity contribution >= 4 is 33.5 Å². The summed E-state index contributed by atoms with van der Waals surface area (Å²) >= 11 is 3.05. The lowest BCUT2D eigenvalue weighted by Gasteiger charge is -2.21. The predicted molar refractivity (Wildman–Crippen MR) is 115 cm³/mol. The van der Waals surface area contributed by atoms with Crippen LogP contribution in [0.3, 0.4) is 0 Å². The van der Waals surface area contributed by atoms with Crippen LogP contribution in [-0.2, 0) is 14.3 Å². The number of alkyl halides is 2.